The Morgan fingerprint density at radius 3 is 2.82 bits per heavy atom. The fourth-order valence-electron chi connectivity index (χ4n) is 3.25. The number of hydrogen-bond donors (Lipinski definition) is 1. The van der Waals surface area contributed by atoms with Crippen molar-refractivity contribution in [3.05, 3.63) is 40.7 Å². The van der Waals surface area contributed by atoms with Crippen molar-refractivity contribution in [2.24, 2.45) is 10.9 Å². The second-order valence-corrected chi connectivity index (χ2v) is 7.31. The van der Waals surface area contributed by atoms with Crippen molar-refractivity contribution in [2.75, 3.05) is 12.4 Å². The number of nitrogens with zero attached hydrogens (tertiary/aromatic N) is 2. The minimum Gasteiger partial charge on any atom is -0.493 e. The lowest BCUT2D eigenvalue weighted by Gasteiger charge is -2.15. The van der Waals surface area contributed by atoms with Crippen LogP contribution in [0, 0.1) is 5.92 Å². The molecule has 2 heterocycles. The number of anilines is 2. The summed E-state index contributed by atoms with van der Waals surface area (Å²) < 4.78 is 31.7. The van der Waals surface area contributed by atoms with Crippen LogP contribution in [-0.4, -0.2) is 30.0 Å². The number of carbonyl (C=O) groups excluding carboxylic acids is 1. The minimum absolute atomic E-state index is 0.0280. The summed E-state index contributed by atoms with van der Waals surface area (Å²) in [5.74, 6) is 0.667. The van der Waals surface area contributed by atoms with Crippen molar-refractivity contribution < 1.29 is 18.3 Å². The van der Waals surface area contributed by atoms with E-state index in [2.05, 4.69) is 15.3 Å². The van der Waals surface area contributed by atoms with E-state index in [4.69, 9.17) is 16.3 Å². The van der Waals surface area contributed by atoms with Gasteiger partial charge < -0.3 is 10.1 Å². The van der Waals surface area contributed by atoms with Crippen molar-refractivity contribution in [1.82, 2.24) is 4.98 Å². The van der Waals surface area contributed by atoms with E-state index in [1.807, 2.05) is 0 Å². The molecule has 1 aliphatic heterocycles. The number of aliphatic imine (C=N–C) groups is 1. The first kappa shape index (κ1) is 18.8. The van der Waals surface area contributed by atoms with Crippen molar-refractivity contribution in [3.8, 4) is 5.75 Å². The van der Waals surface area contributed by atoms with Gasteiger partial charge in [0.2, 0.25) is 0 Å². The number of para-hydroxylation sites is 1. The van der Waals surface area contributed by atoms with Crippen molar-refractivity contribution in [2.45, 2.75) is 32.1 Å². The summed E-state index contributed by atoms with van der Waals surface area (Å²) in [5, 5.41) is 3.59. The predicted molar refractivity (Wildman–Crippen MR) is 104 cm³/mol. The monoisotopic (exact) mass is 405 g/mol. The number of methoxy groups -OCH3 is 1. The van der Waals surface area contributed by atoms with E-state index in [0.29, 0.717) is 39.2 Å². The maximum atomic E-state index is 13.2. The zero-order valence-corrected chi connectivity index (χ0v) is 15.9. The van der Waals surface area contributed by atoms with Crippen LogP contribution in [0.3, 0.4) is 0 Å². The van der Waals surface area contributed by atoms with Crippen LogP contribution in [-0.2, 0) is 17.6 Å². The molecule has 1 saturated carbocycles. The minimum atomic E-state index is -2.65. The van der Waals surface area contributed by atoms with Crippen molar-refractivity contribution >= 4 is 40.2 Å². The maximum Gasteiger partial charge on any atom is 0.277 e. The van der Waals surface area contributed by atoms with E-state index in [0.717, 1.165) is 12.8 Å². The summed E-state index contributed by atoms with van der Waals surface area (Å²) in [6.45, 7) is 0. The average Bonchev–Trinajstić information content (AvgIpc) is 3.41. The van der Waals surface area contributed by atoms with Gasteiger partial charge in [-0.1, -0.05) is 17.7 Å². The number of alkyl halides is 2. The third kappa shape index (κ3) is 3.71. The molecule has 0 bridgehead atoms. The van der Waals surface area contributed by atoms with Gasteiger partial charge >= 0.3 is 0 Å². The summed E-state index contributed by atoms with van der Waals surface area (Å²) in [6.07, 6.45) is -0.678. The largest absolute Gasteiger partial charge is 0.493 e. The van der Waals surface area contributed by atoms with Crippen LogP contribution in [0.4, 0.5) is 25.8 Å². The number of nitrogens with one attached hydrogen (secondary N) is 1. The number of Topliss-reactive ketones (excluding diaryl/α,β-unsaturated/α-hetero) is 1. The van der Waals surface area contributed by atoms with Gasteiger partial charge in [-0.3, -0.25) is 9.78 Å². The molecule has 0 spiro atoms. The fourth-order valence-corrected chi connectivity index (χ4v) is 3.50. The van der Waals surface area contributed by atoms with Crippen LogP contribution in [0.1, 0.15) is 24.2 Å². The number of benzene rings is 1. The Hall–Kier alpha value is -2.54. The number of fused-ring (bicyclic) bond motifs is 1. The number of halogens is 3. The summed E-state index contributed by atoms with van der Waals surface area (Å²) in [4.78, 5) is 20.7. The van der Waals surface area contributed by atoms with Gasteiger partial charge in [-0.2, -0.15) is 0 Å². The molecule has 28 heavy (non-hydrogen) atoms. The first-order chi connectivity index (χ1) is 13.5. The summed E-state index contributed by atoms with van der Waals surface area (Å²) in [6, 6.07) is 6.89. The van der Waals surface area contributed by atoms with Gasteiger partial charge in [0, 0.05) is 18.8 Å². The number of carbonyl (C=O) groups is 1. The van der Waals surface area contributed by atoms with Gasteiger partial charge in [-0.05, 0) is 31.0 Å². The molecule has 1 aliphatic carbocycles. The summed E-state index contributed by atoms with van der Waals surface area (Å²) >= 11 is 6.17. The smallest absolute Gasteiger partial charge is 0.277 e. The molecular weight excluding hydrogens is 388 g/mol. The third-order valence-corrected chi connectivity index (χ3v) is 5.10. The van der Waals surface area contributed by atoms with E-state index in [1.165, 1.54) is 7.11 Å². The molecule has 146 valence electrons. The number of ketones is 1. The second kappa shape index (κ2) is 7.47. The Morgan fingerprint density at radius 1 is 1.36 bits per heavy atom. The topological polar surface area (TPSA) is 63.6 Å². The van der Waals surface area contributed by atoms with Crippen molar-refractivity contribution in [3.63, 3.8) is 0 Å². The van der Waals surface area contributed by atoms with Crippen LogP contribution in [0.25, 0.3) is 0 Å². The second-order valence-electron chi connectivity index (χ2n) is 6.90. The molecule has 2 aromatic rings. The third-order valence-electron chi connectivity index (χ3n) is 4.80. The van der Waals surface area contributed by atoms with E-state index >= 15 is 0 Å². The predicted octanol–water partition coefficient (Wildman–Crippen LogP) is 4.90. The van der Waals surface area contributed by atoms with Crippen LogP contribution in [0.15, 0.2) is 29.3 Å². The fraction of sp³-hybridized carbons (Fsp3) is 0.350. The van der Waals surface area contributed by atoms with Crippen LogP contribution in [0.5, 0.6) is 5.75 Å². The Labute approximate surface area is 165 Å². The molecule has 0 atom stereocenters. The molecule has 1 N–H and O–H groups in total. The van der Waals surface area contributed by atoms with Gasteiger partial charge in [0.05, 0.1) is 40.6 Å². The van der Waals surface area contributed by atoms with Gasteiger partial charge in [0.25, 0.3) is 6.43 Å². The first-order valence-corrected chi connectivity index (χ1v) is 9.34. The van der Waals surface area contributed by atoms with E-state index in [9.17, 15) is 13.6 Å². The normalized spacial score (nSPS) is 15.4. The Bertz CT molecular complexity index is 974. The molecule has 1 aromatic heterocycles. The molecule has 0 amide bonds. The molecule has 1 fully saturated rings. The standard InChI is InChI=1S/C20H18ClF2N3O2/c1-28-19-12(21)3-2-4-13(19)25-14-7-11(8-17(27)10-5-6-10)24-15-9-16(20(22)23)26-18(14)15/h2-4,7,10,20H,5-6,8-9H2,1H3,(H,24,25). The van der Waals surface area contributed by atoms with E-state index in [-0.39, 0.29) is 30.3 Å². The maximum absolute atomic E-state index is 13.2. The van der Waals surface area contributed by atoms with Gasteiger partial charge in [-0.25, -0.2) is 13.8 Å². The van der Waals surface area contributed by atoms with Gasteiger partial charge in [-0.15, -0.1) is 0 Å². The number of pyridine rings is 1. The average molecular weight is 406 g/mol. The van der Waals surface area contributed by atoms with Crippen LogP contribution >= 0.6 is 11.6 Å². The quantitative estimate of drug-likeness (QED) is 0.711. The molecule has 2 aliphatic rings. The molecule has 0 unspecified atom stereocenters. The molecule has 1 aromatic carbocycles. The van der Waals surface area contributed by atoms with Crippen molar-refractivity contribution in [1.29, 1.82) is 0 Å². The molecule has 8 heteroatoms. The van der Waals surface area contributed by atoms with Gasteiger partial charge in [0.1, 0.15) is 11.5 Å². The Morgan fingerprint density at radius 2 is 2.14 bits per heavy atom. The molecular formula is C20H18ClF2N3O2. The zero-order chi connectivity index (χ0) is 19.8. The van der Waals surface area contributed by atoms with Gasteiger partial charge in [0.15, 0.2) is 5.75 Å². The highest BCUT2D eigenvalue weighted by atomic mass is 35.5. The number of aromatic nitrogens is 1. The first-order valence-electron chi connectivity index (χ1n) is 8.97. The number of hydrogen-bond acceptors (Lipinski definition) is 5. The zero-order valence-electron chi connectivity index (χ0n) is 15.1. The Balaban J connectivity index is 1.72. The highest BCUT2D eigenvalue weighted by molar-refractivity contribution is 6.32. The van der Waals surface area contributed by atoms with Crippen LogP contribution in [0.2, 0.25) is 5.02 Å². The Kier molecular flexibility index (Phi) is 5.02. The summed E-state index contributed by atoms with van der Waals surface area (Å²) in [5.41, 5.74) is 2.20. The number of rotatable bonds is 7. The van der Waals surface area contributed by atoms with Crippen LogP contribution < -0.4 is 10.1 Å². The molecule has 0 radical (unpaired) electrons. The lowest BCUT2D eigenvalue weighted by atomic mass is 10.1. The molecule has 0 saturated heterocycles. The molecule has 5 nitrogen and oxygen atoms in total. The lowest BCUT2D eigenvalue weighted by molar-refractivity contribution is -0.119. The van der Waals surface area contributed by atoms with E-state index < -0.39 is 6.43 Å². The SMILES string of the molecule is COc1c(Cl)cccc1Nc1cc(CC(=O)C2CC2)nc2c1N=C(C(F)F)C2. The highest BCUT2D eigenvalue weighted by Crippen LogP contribution is 2.41. The highest BCUT2D eigenvalue weighted by Gasteiger charge is 2.31. The molecule has 4 rings (SSSR count). The summed E-state index contributed by atoms with van der Waals surface area (Å²) in [7, 11) is 1.50. The van der Waals surface area contributed by atoms with E-state index in [1.54, 1.807) is 24.3 Å². The lowest BCUT2D eigenvalue weighted by Crippen LogP contribution is -2.11. The number of ether oxygens (including phenoxy) is 1.